The first-order chi connectivity index (χ1) is 27.8. The van der Waals surface area contributed by atoms with E-state index in [-0.39, 0.29) is 0 Å². The number of allylic oxidation sites excluding steroid dienone is 3. The molecule has 2 aliphatic carbocycles. The van der Waals surface area contributed by atoms with Crippen molar-refractivity contribution >= 4 is 17.3 Å². The second kappa shape index (κ2) is 13.3. The first-order valence-electron chi connectivity index (χ1n) is 19.2. The number of thioether (sulfide) groups is 1. The molecule has 2 heterocycles. The van der Waals surface area contributed by atoms with Gasteiger partial charge in [-0.2, -0.15) is 0 Å². The third-order valence-corrected chi connectivity index (χ3v) is 12.9. The second-order valence-electron chi connectivity index (χ2n) is 14.6. The maximum atomic E-state index is 5.24. The van der Waals surface area contributed by atoms with Gasteiger partial charge < -0.3 is 0 Å². The van der Waals surface area contributed by atoms with E-state index in [1.54, 1.807) is 0 Å². The highest BCUT2D eigenvalue weighted by Gasteiger charge is 2.46. The van der Waals surface area contributed by atoms with Crippen molar-refractivity contribution in [3.8, 4) is 45.3 Å². The summed E-state index contributed by atoms with van der Waals surface area (Å²) < 4.78 is 0. The molecular weight excluding hydrogens is 699 g/mol. The molecule has 2 unspecified atom stereocenters. The molecule has 11 rings (SSSR count). The fourth-order valence-corrected chi connectivity index (χ4v) is 10.5. The molecule has 0 fully saturated rings. The Morgan fingerprint density at radius 1 is 0.446 bits per heavy atom. The molecule has 2 atom stereocenters. The van der Waals surface area contributed by atoms with Crippen molar-refractivity contribution in [2.45, 2.75) is 21.5 Å². The van der Waals surface area contributed by atoms with E-state index in [1.807, 2.05) is 30.0 Å². The van der Waals surface area contributed by atoms with Crippen LogP contribution in [0.1, 0.15) is 39.3 Å². The molecule has 264 valence electrons. The number of hydrogen-bond donors (Lipinski definition) is 0. The minimum absolute atomic E-state index is 0.338. The first kappa shape index (κ1) is 32.8. The molecule has 0 N–H and O–H groups in total. The summed E-state index contributed by atoms with van der Waals surface area (Å²) in [5.74, 6) is 2.29. The highest BCUT2D eigenvalue weighted by Crippen LogP contribution is 2.57. The van der Waals surface area contributed by atoms with Gasteiger partial charge in [-0.25, -0.2) is 15.0 Å². The van der Waals surface area contributed by atoms with Crippen LogP contribution in [0.5, 0.6) is 0 Å². The predicted molar refractivity (Wildman–Crippen MR) is 229 cm³/mol. The largest absolute Gasteiger partial charge is 0.208 e. The van der Waals surface area contributed by atoms with Crippen LogP contribution < -0.4 is 0 Å². The Balaban J connectivity index is 1.06. The summed E-state index contributed by atoms with van der Waals surface area (Å²) in [5.41, 5.74) is 13.8. The number of aromatic nitrogens is 3. The molecule has 0 saturated carbocycles. The van der Waals surface area contributed by atoms with Gasteiger partial charge in [-0.05, 0) is 62.2 Å². The summed E-state index contributed by atoms with van der Waals surface area (Å²) in [7, 11) is 0. The van der Waals surface area contributed by atoms with Crippen LogP contribution in [-0.2, 0) is 5.41 Å². The van der Waals surface area contributed by atoms with E-state index in [0.717, 1.165) is 16.7 Å². The molecule has 1 aliphatic heterocycles. The van der Waals surface area contributed by atoms with E-state index in [0.29, 0.717) is 28.6 Å². The summed E-state index contributed by atoms with van der Waals surface area (Å²) in [5, 5.41) is 0.411. The minimum Gasteiger partial charge on any atom is -0.208 e. The summed E-state index contributed by atoms with van der Waals surface area (Å²) >= 11 is 1.96. The van der Waals surface area contributed by atoms with E-state index in [9.17, 15) is 0 Å². The first-order valence-corrected chi connectivity index (χ1v) is 20.1. The topological polar surface area (TPSA) is 38.7 Å². The lowest BCUT2D eigenvalue weighted by Gasteiger charge is -2.34. The molecule has 56 heavy (non-hydrogen) atoms. The van der Waals surface area contributed by atoms with Crippen LogP contribution in [0, 0.1) is 0 Å². The normalized spacial score (nSPS) is 17.0. The summed E-state index contributed by atoms with van der Waals surface area (Å²) in [6.45, 7) is 0. The van der Waals surface area contributed by atoms with Gasteiger partial charge in [0.1, 0.15) is 0 Å². The number of fused-ring (bicyclic) bond motifs is 6. The zero-order chi connectivity index (χ0) is 37.1. The molecule has 0 spiro atoms. The quantitative estimate of drug-likeness (QED) is 0.171. The lowest BCUT2D eigenvalue weighted by molar-refractivity contribution is 0.768. The van der Waals surface area contributed by atoms with Gasteiger partial charge in [-0.3, -0.25) is 0 Å². The van der Waals surface area contributed by atoms with Gasteiger partial charge >= 0.3 is 0 Å². The Kier molecular flexibility index (Phi) is 7.78. The molecule has 7 aromatic carbocycles. The fraction of sp³-hybridized carbons (Fsp3) is 0.0577. The fourth-order valence-electron chi connectivity index (χ4n) is 9.13. The monoisotopic (exact) mass is 733 g/mol. The third-order valence-electron chi connectivity index (χ3n) is 11.6. The smallest absolute Gasteiger partial charge is 0.164 e. The van der Waals surface area contributed by atoms with Gasteiger partial charge in [0.2, 0.25) is 0 Å². The standard InChI is InChI=1S/C52H35N3S/c1-4-15-35(16-5-1)49-53-50(36-29-27-34(28-30-36)40-23-14-26-47-48(40)43-22-11-13-25-46(43)56-47)55-51(54-49)37-31-32-42-41-21-10-12-24-44(41)52(45(42)33-37,38-17-6-2-7-18-38)39-19-8-3-9-20-39/h1-33,47-48H. The molecule has 0 amide bonds. The number of hydrogen-bond acceptors (Lipinski definition) is 4. The van der Waals surface area contributed by atoms with Gasteiger partial charge in [0.25, 0.3) is 0 Å². The summed E-state index contributed by atoms with van der Waals surface area (Å²) in [6.07, 6.45) is 6.84. The molecule has 0 saturated heterocycles. The molecule has 4 heteroatoms. The van der Waals surface area contributed by atoms with Gasteiger partial charge in [-0.1, -0.05) is 188 Å². The van der Waals surface area contributed by atoms with Crippen LogP contribution in [-0.4, -0.2) is 20.2 Å². The number of nitrogens with zero attached hydrogens (tertiary/aromatic N) is 3. The Morgan fingerprint density at radius 3 is 1.70 bits per heavy atom. The van der Waals surface area contributed by atoms with Crippen molar-refractivity contribution in [3.05, 3.63) is 234 Å². The maximum Gasteiger partial charge on any atom is 0.164 e. The Morgan fingerprint density at radius 2 is 0.982 bits per heavy atom. The second-order valence-corrected chi connectivity index (χ2v) is 15.9. The highest BCUT2D eigenvalue weighted by molar-refractivity contribution is 8.00. The van der Waals surface area contributed by atoms with Crippen LogP contribution in [0.3, 0.4) is 0 Å². The molecule has 3 aliphatic rings. The van der Waals surface area contributed by atoms with Crippen LogP contribution in [0.25, 0.3) is 50.9 Å². The van der Waals surface area contributed by atoms with Crippen molar-refractivity contribution in [2.75, 3.05) is 0 Å². The van der Waals surface area contributed by atoms with Crippen LogP contribution >= 0.6 is 11.8 Å². The van der Waals surface area contributed by atoms with Gasteiger partial charge in [0.15, 0.2) is 17.5 Å². The highest BCUT2D eigenvalue weighted by atomic mass is 32.2. The lowest BCUT2D eigenvalue weighted by Crippen LogP contribution is -2.28. The molecule has 8 aromatic rings. The SMILES string of the molecule is C1=CC2Sc3ccccc3C2C(c2ccc(-c3nc(-c4ccccc4)nc(-c4ccc5c(c4)C(c4ccccc4)(c4ccccc4)c4ccccc4-5)n3)cc2)=C1. The van der Waals surface area contributed by atoms with Crippen molar-refractivity contribution in [1.82, 2.24) is 15.0 Å². The molecule has 3 nitrogen and oxygen atoms in total. The van der Waals surface area contributed by atoms with E-state index >= 15 is 0 Å². The van der Waals surface area contributed by atoms with Crippen molar-refractivity contribution in [2.24, 2.45) is 0 Å². The Bertz CT molecular complexity index is 2790. The van der Waals surface area contributed by atoms with Crippen molar-refractivity contribution in [1.29, 1.82) is 0 Å². The molecule has 1 aromatic heterocycles. The average molecular weight is 734 g/mol. The maximum absolute atomic E-state index is 5.24. The van der Waals surface area contributed by atoms with Gasteiger partial charge in [0, 0.05) is 32.8 Å². The zero-order valence-corrected chi connectivity index (χ0v) is 31.3. The predicted octanol–water partition coefficient (Wildman–Crippen LogP) is 12.4. The lowest BCUT2D eigenvalue weighted by atomic mass is 9.67. The van der Waals surface area contributed by atoms with Gasteiger partial charge in [-0.15, -0.1) is 11.8 Å². The molecule has 0 radical (unpaired) electrons. The van der Waals surface area contributed by atoms with E-state index in [1.165, 1.54) is 55.0 Å². The van der Waals surface area contributed by atoms with E-state index in [2.05, 4.69) is 182 Å². The third kappa shape index (κ3) is 5.17. The van der Waals surface area contributed by atoms with E-state index < -0.39 is 5.41 Å². The van der Waals surface area contributed by atoms with Crippen molar-refractivity contribution < 1.29 is 0 Å². The van der Waals surface area contributed by atoms with Crippen LogP contribution in [0.4, 0.5) is 0 Å². The number of benzene rings is 7. The van der Waals surface area contributed by atoms with Crippen LogP contribution in [0.2, 0.25) is 0 Å². The molecular formula is C52H35N3S. The van der Waals surface area contributed by atoms with Crippen LogP contribution in [0.15, 0.2) is 205 Å². The van der Waals surface area contributed by atoms with Gasteiger partial charge in [0.05, 0.1) is 5.41 Å². The molecule has 0 bridgehead atoms. The summed E-state index contributed by atoms with van der Waals surface area (Å²) in [6, 6.07) is 65.3. The summed E-state index contributed by atoms with van der Waals surface area (Å²) in [4.78, 5) is 16.9. The Hall–Kier alpha value is -6.62. The number of rotatable bonds is 6. The minimum atomic E-state index is -0.515. The average Bonchev–Trinajstić information content (AvgIpc) is 3.81. The zero-order valence-electron chi connectivity index (χ0n) is 30.5. The van der Waals surface area contributed by atoms with E-state index in [4.69, 9.17) is 15.0 Å². The van der Waals surface area contributed by atoms with Crippen molar-refractivity contribution in [3.63, 3.8) is 0 Å². The Labute approximate surface area is 331 Å².